The van der Waals surface area contributed by atoms with Crippen LogP contribution >= 0.6 is 0 Å². The van der Waals surface area contributed by atoms with E-state index in [2.05, 4.69) is 51.4 Å². The van der Waals surface area contributed by atoms with Crippen LogP contribution in [-0.2, 0) is 19.5 Å². The van der Waals surface area contributed by atoms with Gasteiger partial charge in [-0.15, -0.1) is 0 Å². The summed E-state index contributed by atoms with van der Waals surface area (Å²) in [6.45, 7) is 2.52. The van der Waals surface area contributed by atoms with Crippen LogP contribution in [0.4, 0.5) is 0 Å². The highest BCUT2D eigenvalue weighted by molar-refractivity contribution is 5.83. The van der Waals surface area contributed by atoms with Gasteiger partial charge in [-0.25, -0.2) is 0 Å². The summed E-state index contributed by atoms with van der Waals surface area (Å²) in [5, 5.41) is 13.4. The van der Waals surface area contributed by atoms with Crippen LogP contribution in [0, 0.1) is 0 Å². The molecule has 0 radical (unpaired) electrons. The van der Waals surface area contributed by atoms with Gasteiger partial charge in [0.05, 0.1) is 6.61 Å². The first-order chi connectivity index (χ1) is 10.9. The molecule has 2 aromatic heterocycles. The largest absolute Gasteiger partial charge is 0.395 e. The Morgan fingerprint density at radius 1 is 1.14 bits per heavy atom. The first kappa shape index (κ1) is 14.8. The van der Waals surface area contributed by atoms with Gasteiger partial charge in [0, 0.05) is 49.1 Å². The number of nitrogens with one attached hydrogen (secondary N) is 1. The van der Waals surface area contributed by atoms with E-state index in [1.165, 1.54) is 22.0 Å². The molecule has 2 N–H and O–H groups in total. The monoisotopic (exact) mass is 295 g/mol. The van der Waals surface area contributed by atoms with Crippen LogP contribution in [0.3, 0.4) is 0 Å². The molecule has 0 aliphatic rings. The van der Waals surface area contributed by atoms with Crippen LogP contribution in [-0.4, -0.2) is 27.8 Å². The lowest BCUT2D eigenvalue weighted by Crippen LogP contribution is -2.17. The molecule has 2 heterocycles. The number of hydrogen-bond acceptors (Lipinski definition) is 3. The number of benzene rings is 1. The van der Waals surface area contributed by atoms with Crippen molar-refractivity contribution in [3.8, 4) is 0 Å². The van der Waals surface area contributed by atoms with E-state index in [-0.39, 0.29) is 6.61 Å². The zero-order chi connectivity index (χ0) is 15.2. The molecule has 0 amide bonds. The van der Waals surface area contributed by atoms with E-state index in [0.29, 0.717) is 6.54 Å². The highest BCUT2D eigenvalue weighted by Crippen LogP contribution is 2.20. The van der Waals surface area contributed by atoms with E-state index in [1.54, 1.807) is 6.20 Å². The Morgan fingerprint density at radius 3 is 2.91 bits per heavy atom. The van der Waals surface area contributed by atoms with Crippen LogP contribution in [0.25, 0.3) is 10.9 Å². The van der Waals surface area contributed by atoms with Crippen LogP contribution in [0.15, 0.2) is 55.0 Å². The van der Waals surface area contributed by atoms with E-state index < -0.39 is 0 Å². The first-order valence-corrected chi connectivity index (χ1v) is 7.65. The lowest BCUT2D eigenvalue weighted by atomic mass is 10.1. The number of aryl methyl sites for hydroxylation is 2. The van der Waals surface area contributed by atoms with Crippen LogP contribution in [0.2, 0.25) is 0 Å². The van der Waals surface area contributed by atoms with Crippen molar-refractivity contribution in [1.82, 2.24) is 14.9 Å². The van der Waals surface area contributed by atoms with Gasteiger partial charge < -0.3 is 15.0 Å². The van der Waals surface area contributed by atoms with E-state index in [9.17, 15) is 0 Å². The van der Waals surface area contributed by atoms with Crippen molar-refractivity contribution in [1.29, 1.82) is 0 Å². The third-order valence-corrected chi connectivity index (χ3v) is 3.87. The molecular weight excluding hydrogens is 274 g/mol. The minimum absolute atomic E-state index is 0.169. The first-order valence-electron chi connectivity index (χ1n) is 7.65. The molecule has 4 nitrogen and oxygen atoms in total. The molecule has 0 saturated heterocycles. The Kier molecular flexibility index (Phi) is 4.83. The second kappa shape index (κ2) is 7.20. The molecule has 0 fully saturated rings. The van der Waals surface area contributed by atoms with Gasteiger partial charge in [0.25, 0.3) is 0 Å². The topological polar surface area (TPSA) is 50.1 Å². The van der Waals surface area contributed by atoms with E-state index in [4.69, 9.17) is 5.11 Å². The molecule has 3 aromatic rings. The molecule has 114 valence electrons. The number of hydrogen-bond donors (Lipinski definition) is 2. The molecule has 0 aliphatic heterocycles. The van der Waals surface area contributed by atoms with E-state index >= 15 is 0 Å². The fourth-order valence-electron chi connectivity index (χ4n) is 2.73. The van der Waals surface area contributed by atoms with Gasteiger partial charge in [0.15, 0.2) is 0 Å². The Hall–Kier alpha value is -2.17. The van der Waals surface area contributed by atoms with Gasteiger partial charge in [-0.05, 0) is 35.7 Å². The number of aliphatic hydroxyl groups excluding tert-OH is 1. The molecule has 0 unspecified atom stereocenters. The summed E-state index contributed by atoms with van der Waals surface area (Å²) in [5.74, 6) is 0. The molecule has 0 saturated carbocycles. The highest BCUT2D eigenvalue weighted by Gasteiger charge is 2.05. The molecule has 0 bridgehead atoms. The van der Waals surface area contributed by atoms with Crippen LogP contribution in [0.5, 0.6) is 0 Å². The third-order valence-electron chi connectivity index (χ3n) is 3.87. The summed E-state index contributed by atoms with van der Waals surface area (Å²) in [4.78, 5) is 4.16. The summed E-state index contributed by atoms with van der Waals surface area (Å²) in [6.07, 6.45) is 6.86. The maximum Gasteiger partial charge on any atom is 0.0556 e. The smallest absolute Gasteiger partial charge is 0.0556 e. The number of fused-ring (bicyclic) bond motifs is 1. The van der Waals surface area contributed by atoms with E-state index in [1.807, 2.05) is 12.3 Å². The number of pyridine rings is 1. The maximum absolute atomic E-state index is 8.87. The molecule has 3 rings (SSSR count). The fraction of sp³-hybridized carbons (Fsp3) is 0.278. The van der Waals surface area contributed by atoms with Gasteiger partial charge in [0.1, 0.15) is 0 Å². The van der Waals surface area contributed by atoms with Crippen molar-refractivity contribution in [3.05, 3.63) is 66.1 Å². The Bertz CT molecular complexity index is 722. The molecule has 4 heteroatoms. The molecule has 0 spiro atoms. The minimum atomic E-state index is 0.169. The molecule has 1 aromatic carbocycles. The Labute approximate surface area is 130 Å². The van der Waals surface area contributed by atoms with Crippen LogP contribution < -0.4 is 5.32 Å². The number of nitrogens with zero attached hydrogens (tertiary/aromatic N) is 2. The number of aromatic nitrogens is 2. The van der Waals surface area contributed by atoms with Crippen molar-refractivity contribution in [2.24, 2.45) is 0 Å². The van der Waals surface area contributed by atoms with Crippen molar-refractivity contribution >= 4 is 10.9 Å². The highest BCUT2D eigenvalue weighted by atomic mass is 16.3. The molecule has 0 aliphatic carbocycles. The standard InChI is InChI=1S/C18H21N3O/c22-12-9-20-14-16-4-1-5-18-17(16)7-11-21(18)10-6-15-3-2-8-19-13-15/h1-5,7-8,11,13,20,22H,6,9-10,12,14H2. The lowest BCUT2D eigenvalue weighted by Gasteiger charge is -2.08. The summed E-state index contributed by atoms with van der Waals surface area (Å²) in [5.41, 5.74) is 3.78. The maximum atomic E-state index is 8.87. The molecule has 0 atom stereocenters. The molecular formula is C18H21N3O. The van der Waals surface area contributed by atoms with E-state index in [0.717, 1.165) is 19.5 Å². The van der Waals surface area contributed by atoms with Crippen molar-refractivity contribution in [2.75, 3.05) is 13.2 Å². The predicted molar refractivity (Wildman–Crippen MR) is 88.7 cm³/mol. The fourth-order valence-corrected chi connectivity index (χ4v) is 2.73. The molecule has 22 heavy (non-hydrogen) atoms. The second-order valence-corrected chi connectivity index (χ2v) is 5.37. The summed E-state index contributed by atoms with van der Waals surface area (Å²) in [7, 11) is 0. The van der Waals surface area contributed by atoms with Crippen molar-refractivity contribution < 1.29 is 5.11 Å². The van der Waals surface area contributed by atoms with Gasteiger partial charge in [-0.1, -0.05) is 18.2 Å². The zero-order valence-electron chi connectivity index (χ0n) is 12.6. The van der Waals surface area contributed by atoms with Gasteiger partial charge >= 0.3 is 0 Å². The summed E-state index contributed by atoms with van der Waals surface area (Å²) >= 11 is 0. The second-order valence-electron chi connectivity index (χ2n) is 5.37. The van der Waals surface area contributed by atoms with Gasteiger partial charge in [0.2, 0.25) is 0 Å². The average Bonchev–Trinajstić information content (AvgIpc) is 2.98. The van der Waals surface area contributed by atoms with Gasteiger partial charge in [-0.3, -0.25) is 4.98 Å². The van der Waals surface area contributed by atoms with Crippen molar-refractivity contribution in [2.45, 2.75) is 19.5 Å². The lowest BCUT2D eigenvalue weighted by molar-refractivity contribution is 0.292. The quantitative estimate of drug-likeness (QED) is 0.658. The zero-order valence-corrected chi connectivity index (χ0v) is 12.6. The Balaban J connectivity index is 1.75. The number of aliphatic hydroxyl groups is 1. The summed E-state index contributed by atoms with van der Waals surface area (Å²) < 4.78 is 2.29. The third kappa shape index (κ3) is 3.35. The summed E-state index contributed by atoms with van der Waals surface area (Å²) in [6, 6.07) is 12.7. The average molecular weight is 295 g/mol. The predicted octanol–water partition coefficient (Wildman–Crippen LogP) is 2.36. The van der Waals surface area contributed by atoms with Gasteiger partial charge in [-0.2, -0.15) is 0 Å². The van der Waals surface area contributed by atoms with Crippen molar-refractivity contribution in [3.63, 3.8) is 0 Å². The van der Waals surface area contributed by atoms with Crippen LogP contribution in [0.1, 0.15) is 11.1 Å². The minimum Gasteiger partial charge on any atom is -0.395 e. The SMILES string of the molecule is OCCNCc1cccc2c1ccn2CCc1cccnc1. The Morgan fingerprint density at radius 2 is 2.09 bits per heavy atom. The normalized spacial score (nSPS) is 11.1. The number of rotatable bonds is 7.